The van der Waals surface area contributed by atoms with E-state index in [0.29, 0.717) is 0 Å². The smallest absolute Gasteiger partial charge is 0.123 e. The van der Waals surface area contributed by atoms with E-state index in [-0.39, 0.29) is 11.6 Å². The topological polar surface area (TPSA) is 42.5 Å². The number of benzene rings is 1. The zero-order valence-electron chi connectivity index (χ0n) is 13.5. The Kier molecular flexibility index (Phi) is 6.30. The van der Waals surface area contributed by atoms with E-state index >= 15 is 0 Å². The summed E-state index contributed by atoms with van der Waals surface area (Å²) in [4.78, 5) is 0. The summed E-state index contributed by atoms with van der Waals surface area (Å²) < 4.78 is 10.7. The van der Waals surface area contributed by atoms with Crippen LogP contribution in [0.1, 0.15) is 39.3 Å². The van der Waals surface area contributed by atoms with Gasteiger partial charge in [0.2, 0.25) is 0 Å². The van der Waals surface area contributed by atoms with Gasteiger partial charge in [0.15, 0.2) is 0 Å². The highest BCUT2D eigenvalue weighted by molar-refractivity contribution is 5.42. The van der Waals surface area contributed by atoms with E-state index in [1.807, 2.05) is 18.2 Å². The van der Waals surface area contributed by atoms with Crippen molar-refractivity contribution in [2.75, 3.05) is 27.3 Å². The zero-order chi connectivity index (χ0) is 15.2. The molecule has 0 aliphatic heterocycles. The predicted molar refractivity (Wildman–Crippen MR) is 83.7 cm³/mol. The Balaban J connectivity index is 2.60. The summed E-state index contributed by atoms with van der Waals surface area (Å²) in [6.45, 7) is 10.5. The molecule has 0 amide bonds. The van der Waals surface area contributed by atoms with Gasteiger partial charge < -0.3 is 20.1 Å². The van der Waals surface area contributed by atoms with Gasteiger partial charge in [-0.2, -0.15) is 0 Å². The second kappa shape index (κ2) is 7.50. The molecule has 20 heavy (non-hydrogen) atoms. The Hall–Kier alpha value is -1.26. The highest BCUT2D eigenvalue weighted by Crippen LogP contribution is 2.28. The molecule has 0 radical (unpaired) electrons. The van der Waals surface area contributed by atoms with Crippen LogP contribution in [0.25, 0.3) is 0 Å². The van der Waals surface area contributed by atoms with Gasteiger partial charge >= 0.3 is 0 Å². The lowest BCUT2D eigenvalue weighted by Gasteiger charge is -2.22. The molecule has 114 valence electrons. The minimum absolute atomic E-state index is 0.151. The molecule has 1 unspecified atom stereocenters. The Morgan fingerprint density at radius 2 is 1.80 bits per heavy atom. The maximum atomic E-state index is 5.42. The van der Waals surface area contributed by atoms with Crippen LogP contribution >= 0.6 is 0 Å². The molecule has 0 heterocycles. The summed E-state index contributed by atoms with van der Waals surface area (Å²) >= 11 is 0. The Morgan fingerprint density at radius 1 is 1.10 bits per heavy atom. The van der Waals surface area contributed by atoms with Crippen LogP contribution in [0.15, 0.2) is 18.2 Å². The lowest BCUT2D eigenvalue weighted by Crippen LogP contribution is -2.40. The summed E-state index contributed by atoms with van der Waals surface area (Å²) in [5, 5.41) is 6.96. The number of rotatable bonds is 7. The molecule has 0 bridgehead atoms. The Morgan fingerprint density at radius 3 is 2.35 bits per heavy atom. The van der Waals surface area contributed by atoms with Gasteiger partial charge in [-0.3, -0.25) is 0 Å². The first-order valence-electron chi connectivity index (χ1n) is 7.07. The van der Waals surface area contributed by atoms with Gasteiger partial charge in [0.1, 0.15) is 11.5 Å². The van der Waals surface area contributed by atoms with Crippen LogP contribution in [0.2, 0.25) is 0 Å². The van der Waals surface area contributed by atoms with Gasteiger partial charge in [0.05, 0.1) is 14.2 Å². The standard InChI is InChI=1S/C16H28N2O2/c1-12(17-9-10-18-16(2,3)4)14-11-13(19-5)7-8-15(14)20-6/h7-8,11-12,17-18H,9-10H2,1-6H3. The lowest BCUT2D eigenvalue weighted by atomic mass is 10.1. The quantitative estimate of drug-likeness (QED) is 0.754. The van der Waals surface area contributed by atoms with Gasteiger partial charge in [-0.05, 0) is 45.9 Å². The largest absolute Gasteiger partial charge is 0.497 e. The van der Waals surface area contributed by atoms with Crippen molar-refractivity contribution in [3.05, 3.63) is 23.8 Å². The van der Waals surface area contributed by atoms with Crippen LogP contribution in [0.5, 0.6) is 11.5 Å². The first kappa shape index (κ1) is 16.8. The molecule has 0 aromatic heterocycles. The van der Waals surface area contributed by atoms with Gasteiger partial charge in [-0.15, -0.1) is 0 Å². The molecule has 0 aliphatic rings. The number of ether oxygens (including phenoxy) is 2. The minimum Gasteiger partial charge on any atom is -0.497 e. The van der Waals surface area contributed by atoms with Gasteiger partial charge in [-0.1, -0.05) is 0 Å². The van der Waals surface area contributed by atoms with Crippen molar-refractivity contribution < 1.29 is 9.47 Å². The maximum Gasteiger partial charge on any atom is 0.123 e. The van der Waals surface area contributed by atoms with E-state index in [4.69, 9.17) is 9.47 Å². The van der Waals surface area contributed by atoms with Crippen molar-refractivity contribution in [1.82, 2.24) is 10.6 Å². The summed E-state index contributed by atoms with van der Waals surface area (Å²) in [6, 6.07) is 6.09. The molecule has 0 aliphatic carbocycles. The Labute approximate surface area is 122 Å². The number of methoxy groups -OCH3 is 2. The molecule has 0 saturated carbocycles. The molecule has 1 aromatic carbocycles. The van der Waals surface area contributed by atoms with E-state index < -0.39 is 0 Å². The summed E-state index contributed by atoms with van der Waals surface area (Å²) in [5.74, 6) is 1.73. The fraction of sp³-hybridized carbons (Fsp3) is 0.625. The van der Waals surface area contributed by atoms with Crippen LogP contribution in [0, 0.1) is 0 Å². The molecule has 1 rings (SSSR count). The SMILES string of the molecule is COc1ccc(OC)c(C(C)NCCNC(C)(C)C)c1. The van der Waals surface area contributed by atoms with Crippen molar-refractivity contribution in [2.24, 2.45) is 0 Å². The summed E-state index contributed by atoms with van der Waals surface area (Å²) in [5.41, 5.74) is 1.26. The van der Waals surface area contributed by atoms with E-state index in [0.717, 1.165) is 30.2 Å². The highest BCUT2D eigenvalue weighted by atomic mass is 16.5. The molecular weight excluding hydrogens is 252 g/mol. The fourth-order valence-corrected chi connectivity index (χ4v) is 2.01. The maximum absolute atomic E-state index is 5.42. The van der Waals surface area contributed by atoms with Crippen LogP contribution in [-0.4, -0.2) is 32.8 Å². The van der Waals surface area contributed by atoms with Crippen molar-refractivity contribution in [1.29, 1.82) is 0 Å². The van der Waals surface area contributed by atoms with E-state index in [2.05, 4.69) is 38.3 Å². The summed E-state index contributed by atoms with van der Waals surface area (Å²) in [6.07, 6.45) is 0. The molecule has 1 aromatic rings. The monoisotopic (exact) mass is 280 g/mol. The second-order valence-corrected chi connectivity index (χ2v) is 5.96. The number of hydrogen-bond acceptors (Lipinski definition) is 4. The van der Waals surface area contributed by atoms with Crippen molar-refractivity contribution in [2.45, 2.75) is 39.3 Å². The van der Waals surface area contributed by atoms with Crippen LogP contribution in [0.4, 0.5) is 0 Å². The zero-order valence-corrected chi connectivity index (χ0v) is 13.5. The van der Waals surface area contributed by atoms with Crippen molar-refractivity contribution in [3.8, 4) is 11.5 Å². The van der Waals surface area contributed by atoms with Gasteiger partial charge in [-0.25, -0.2) is 0 Å². The molecule has 1 atom stereocenters. The molecule has 0 spiro atoms. The molecule has 4 nitrogen and oxygen atoms in total. The molecule has 0 fully saturated rings. The average molecular weight is 280 g/mol. The first-order chi connectivity index (χ1) is 9.37. The molecule has 2 N–H and O–H groups in total. The number of hydrogen-bond donors (Lipinski definition) is 2. The first-order valence-corrected chi connectivity index (χ1v) is 7.07. The van der Waals surface area contributed by atoms with Crippen molar-refractivity contribution >= 4 is 0 Å². The van der Waals surface area contributed by atoms with Crippen LogP contribution < -0.4 is 20.1 Å². The highest BCUT2D eigenvalue weighted by Gasteiger charge is 2.13. The van der Waals surface area contributed by atoms with E-state index in [1.54, 1.807) is 14.2 Å². The van der Waals surface area contributed by atoms with Crippen molar-refractivity contribution in [3.63, 3.8) is 0 Å². The second-order valence-electron chi connectivity index (χ2n) is 5.96. The minimum atomic E-state index is 0.151. The third-order valence-electron chi connectivity index (χ3n) is 3.13. The lowest BCUT2D eigenvalue weighted by molar-refractivity contribution is 0.387. The van der Waals surface area contributed by atoms with E-state index in [1.165, 1.54) is 0 Å². The molecular formula is C16H28N2O2. The normalized spacial score (nSPS) is 13.1. The van der Waals surface area contributed by atoms with E-state index in [9.17, 15) is 0 Å². The molecule has 0 saturated heterocycles. The van der Waals surface area contributed by atoms with Gasteiger partial charge in [0, 0.05) is 30.2 Å². The Bertz CT molecular complexity index is 413. The van der Waals surface area contributed by atoms with Crippen LogP contribution in [0.3, 0.4) is 0 Å². The third-order valence-corrected chi connectivity index (χ3v) is 3.13. The van der Waals surface area contributed by atoms with Crippen LogP contribution in [-0.2, 0) is 0 Å². The van der Waals surface area contributed by atoms with Gasteiger partial charge in [0.25, 0.3) is 0 Å². The number of nitrogens with one attached hydrogen (secondary N) is 2. The fourth-order valence-electron chi connectivity index (χ4n) is 2.01. The average Bonchev–Trinajstić information content (AvgIpc) is 2.41. The predicted octanol–water partition coefficient (Wildman–Crippen LogP) is 2.74. The third kappa shape index (κ3) is 5.39. The molecule has 4 heteroatoms. The summed E-state index contributed by atoms with van der Waals surface area (Å²) in [7, 11) is 3.37.